The molecular weight excluding hydrogens is 470 g/mol. The van der Waals surface area contributed by atoms with Gasteiger partial charge in [0.15, 0.2) is 0 Å². The minimum atomic E-state index is -3.58. The van der Waals surface area contributed by atoms with Crippen LogP contribution >= 0.6 is 11.3 Å². The molecule has 1 saturated heterocycles. The molecule has 10 heteroatoms. The van der Waals surface area contributed by atoms with E-state index in [0.717, 1.165) is 27.3 Å². The molecule has 1 aliphatic rings. The summed E-state index contributed by atoms with van der Waals surface area (Å²) >= 11 is 1.36. The largest absolute Gasteiger partial charge is 0.354 e. The summed E-state index contributed by atoms with van der Waals surface area (Å²) < 4.78 is 29.2. The van der Waals surface area contributed by atoms with Crippen molar-refractivity contribution in [3.63, 3.8) is 0 Å². The topological polar surface area (TPSA) is 87.9 Å². The predicted molar refractivity (Wildman–Crippen MR) is 134 cm³/mol. The maximum absolute atomic E-state index is 13.2. The van der Waals surface area contributed by atoms with E-state index in [2.05, 4.69) is 10.1 Å². The predicted octanol–water partition coefficient (Wildman–Crippen LogP) is 3.25. The number of anilines is 1. The molecule has 1 fully saturated rings. The van der Waals surface area contributed by atoms with Gasteiger partial charge in [-0.1, -0.05) is 52.8 Å². The molecule has 34 heavy (non-hydrogen) atoms. The van der Waals surface area contributed by atoms with Crippen LogP contribution in [0.15, 0.2) is 58.2 Å². The fourth-order valence-corrected chi connectivity index (χ4v) is 6.77. The summed E-state index contributed by atoms with van der Waals surface area (Å²) in [7, 11) is -3.58. The van der Waals surface area contributed by atoms with E-state index < -0.39 is 10.0 Å². The summed E-state index contributed by atoms with van der Waals surface area (Å²) in [6.45, 7) is 7.35. The van der Waals surface area contributed by atoms with Crippen molar-refractivity contribution >= 4 is 32.1 Å². The van der Waals surface area contributed by atoms with Crippen LogP contribution < -0.4 is 10.5 Å². The second-order valence-corrected chi connectivity index (χ2v) is 11.4. The van der Waals surface area contributed by atoms with Crippen LogP contribution in [0.1, 0.15) is 16.7 Å². The maximum Gasteiger partial charge on any atom is 0.277 e. The summed E-state index contributed by atoms with van der Waals surface area (Å²) in [5.41, 5.74) is 3.59. The van der Waals surface area contributed by atoms with Gasteiger partial charge in [0, 0.05) is 37.8 Å². The molecule has 176 valence electrons. The Hall–Kier alpha value is -3.08. The zero-order valence-corrected chi connectivity index (χ0v) is 20.9. The minimum absolute atomic E-state index is 0.250. The van der Waals surface area contributed by atoms with E-state index in [-0.39, 0.29) is 5.56 Å². The van der Waals surface area contributed by atoms with Crippen molar-refractivity contribution < 1.29 is 8.42 Å². The molecule has 0 unspecified atom stereocenters. The van der Waals surface area contributed by atoms with Gasteiger partial charge in [-0.15, -0.1) is 0 Å². The van der Waals surface area contributed by atoms with E-state index in [0.29, 0.717) is 41.9 Å². The van der Waals surface area contributed by atoms with Crippen molar-refractivity contribution in [2.75, 3.05) is 31.1 Å². The summed E-state index contributed by atoms with van der Waals surface area (Å²) in [6.07, 6.45) is 0. The van der Waals surface area contributed by atoms with Gasteiger partial charge in [-0.3, -0.25) is 4.79 Å². The Morgan fingerprint density at radius 2 is 1.65 bits per heavy atom. The fraction of sp³-hybridized carbons (Fsp3) is 0.292. The number of hydrogen-bond acceptors (Lipinski definition) is 7. The Bertz CT molecular complexity index is 1550. The molecule has 0 amide bonds. The smallest absolute Gasteiger partial charge is 0.277 e. The van der Waals surface area contributed by atoms with E-state index in [1.807, 2.05) is 62.1 Å². The van der Waals surface area contributed by atoms with Crippen molar-refractivity contribution in [2.24, 2.45) is 0 Å². The number of rotatable bonds is 4. The fourth-order valence-electron chi connectivity index (χ4n) is 4.24. The molecule has 4 aromatic rings. The van der Waals surface area contributed by atoms with Crippen LogP contribution in [-0.2, 0) is 10.0 Å². The third-order valence-electron chi connectivity index (χ3n) is 6.01. The average Bonchev–Trinajstić information content (AvgIpc) is 3.24. The zero-order valence-electron chi connectivity index (χ0n) is 19.2. The third kappa shape index (κ3) is 4.13. The lowest BCUT2D eigenvalue weighted by molar-refractivity contribution is 0.383. The van der Waals surface area contributed by atoms with Crippen molar-refractivity contribution in [2.45, 2.75) is 25.7 Å². The van der Waals surface area contributed by atoms with E-state index in [1.54, 1.807) is 6.07 Å². The van der Waals surface area contributed by atoms with Crippen molar-refractivity contribution in [3.05, 3.63) is 75.6 Å². The van der Waals surface area contributed by atoms with E-state index >= 15 is 0 Å². The molecule has 8 nitrogen and oxygen atoms in total. The Balaban J connectivity index is 1.38. The van der Waals surface area contributed by atoms with Gasteiger partial charge >= 0.3 is 0 Å². The van der Waals surface area contributed by atoms with Gasteiger partial charge in [0.25, 0.3) is 5.56 Å². The Kier molecular flexibility index (Phi) is 5.75. The normalized spacial score (nSPS) is 15.2. The number of nitrogens with zero attached hydrogens (tertiary/aromatic N) is 5. The van der Waals surface area contributed by atoms with Crippen LogP contribution in [0.5, 0.6) is 0 Å². The van der Waals surface area contributed by atoms with Crippen LogP contribution in [0.25, 0.3) is 15.5 Å². The molecule has 1 aliphatic heterocycles. The lowest BCUT2D eigenvalue weighted by Gasteiger charge is -2.34. The molecule has 2 aromatic heterocycles. The second kappa shape index (κ2) is 8.61. The lowest BCUT2D eigenvalue weighted by atomic mass is 10.1. The first-order chi connectivity index (χ1) is 16.2. The monoisotopic (exact) mass is 495 g/mol. The van der Waals surface area contributed by atoms with Gasteiger partial charge in [0.2, 0.25) is 15.0 Å². The van der Waals surface area contributed by atoms with Gasteiger partial charge in [0.1, 0.15) is 10.8 Å². The van der Waals surface area contributed by atoms with Crippen LogP contribution in [0.2, 0.25) is 0 Å². The molecule has 0 radical (unpaired) electrons. The highest BCUT2D eigenvalue weighted by Gasteiger charge is 2.30. The number of aryl methyl sites for hydroxylation is 3. The highest BCUT2D eigenvalue weighted by molar-refractivity contribution is 7.89. The van der Waals surface area contributed by atoms with Crippen LogP contribution in [-0.4, -0.2) is 53.5 Å². The molecule has 0 saturated carbocycles. The first kappa shape index (κ1) is 22.7. The lowest BCUT2D eigenvalue weighted by Crippen LogP contribution is -2.49. The van der Waals surface area contributed by atoms with Gasteiger partial charge in [-0.2, -0.15) is 13.9 Å². The number of hydrogen-bond donors (Lipinski definition) is 0. The number of benzene rings is 2. The van der Waals surface area contributed by atoms with Gasteiger partial charge in [-0.05, 0) is 38.5 Å². The molecular formula is C24H25N5O3S2. The van der Waals surface area contributed by atoms with Crippen LogP contribution in [0.4, 0.5) is 5.82 Å². The third-order valence-corrected chi connectivity index (χ3v) is 9.02. The summed E-state index contributed by atoms with van der Waals surface area (Å²) in [6, 6.07) is 14.8. The summed E-state index contributed by atoms with van der Waals surface area (Å²) in [5.74, 6) is 0.549. The first-order valence-corrected chi connectivity index (χ1v) is 13.3. The molecule has 0 bridgehead atoms. The maximum atomic E-state index is 13.2. The van der Waals surface area contributed by atoms with E-state index in [9.17, 15) is 13.2 Å². The highest BCUT2D eigenvalue weighted by atomic mass is 32.2. The molecule has 2 aromatic carbocycles. The first-order valence-electron chi connectivity index (χ1n) is 11.0. The zero-order chi connectivity index (χ0) is 24.0. The van der Waals surface area contributed by atoms with Gasteiger partial charge < -0.3 is 4.90 Å². The number of piperazine rings is 1. The Labute approximate surface area is 202 Å². The second-order valence-electron chi connectivity index (χ2n) is 8.58. The minimum Gasteiger partial charge on any atom is -0.354 e. The summed E-state index contributed by atoms with van der Waals surface area (Å²) in [4.78, 5) is 20.3. The van der Waals surface area contributed by atoms with Crippen LogP contribution in [0.3, 0.4) is 0 Å². The quantitative estimate of drug-likeness (QED) is 0.432. The van der Waals surface area contributed by atoms with E-state index in [1.165, 1.54) is 26.2 Å². The Morgan fingerprint density at radius 1 is 0.912 bits per heavy atom. The molecule has 0 aliphatic carbocycles. The SMILES string of the molecule is Cc1cccc(-c2nn3c(=O)cc(N4CCN(S(=O)(=O)c5ccc(C)cc5C)CC4)nc3s2)c1. The molecule has 5 rings (SSSR count). The van der Waals surface area contributed by atoms with Crippen LogP contribution in [0, 0.1) is 20.8 Å². The van der Waals surface area contributed by atoms with Gasteiger partial charge in [0.05, 0.1) is 4.90 Å². The molecule has 3 heterocycles. The number of sulfonamides is 1. The Morgan fingerprint density at radius 3 is 2.35 bits per heavy atom. The molecule has 0 atom stereocenters. The average molecular weight is 496 g/mol. The standard InChI is InChI=1S/C24H25N5O3S2/c1-16-5-4-6-19(14-16)23-26-29-22(30)15-21(25-24(29)33-23)27-9-11-28(12-10-27)34(31,32)20-8-7-17(2)13-18(20)3/h4-8,13-15H,9-12H2,1-3H3. The van der Waals surface area contributed by atoms with Crippen molar-refractivity contribution in [1.29, 1.82) is 0 Å². The molecule has 0 N–H and O–H groups in total. The highest BCUT2D eigenvalue weighted by Crippen LogP contribution is 2.27. The van der Waals surface area contributed by atoms with E-state index in [4.69, 9.17) is 0 Å². The molecule has 0 spiro atoms. The number of fused-ring (bicyclic) bond motifs is 1. The summed E-state index contributed by atoms with van der Waals surface area (Å²) in [5, 5.41) is 5.19. The van der Waals surface area contributed by atoms with Crippen molar-refractivity contribution in [1.82, 2.24) is 18.9 Å². The van der Waals surface area contributed by atoms with Gasteiger partial charge in [-0.25, -0.2) is 13.4 Å². The van der Waals surface area contributed by atoms with Crippen molar-refractivity contribution in [3.8, 4) is 10.6 Å². The number of aromatic nitrogens is 3.